The van der Waals surface area contributed by atoms with Crippen molar-refractivity contribution in [2.75, 3.05) is 13.1 Å². The molecule has 3 heterocycles. The highest BCUT2D eigenvalue weighted by Gasteiger charge is 2.29. The summed E-state index contributed by atoms with van der Waals surface area (Å²) in [4.78, 5) is 23.0. The van der Waals surface area contributed by atoms with E-state index in [0.717, 1.165) is 24.2 Å². The van der Waals surface area contributed by atoms with Gasteiger partial charge in [0.2, 0.25) is 0 Å². The lowest BCUT2D eigenvalue weighted by Gasteiger charge is -2.33. The van der Waals surface area contributed by atoms with Crippen molar-refractivity contribution in [3.05, 3.63) is 58.4 Å². The lowest BCUT2D eigenvalue weighted by atomic mass is 9.93. The van der Waals surface area contributed by atoms with Crippen LogP contribution in [-0.4, -0.2) is 43.5 Å². The van der Waals surface area contributed by atoms with Crippen LogP contribution in [0, 0.1) is 12.7 Å². The number of benzene rings is 1. The molecular formula is C18H17ClFN5O. The maximum Gasteiger partial charge on any atom is 0.258 e. The first-order valence-electron chi connectivity index (χ1n) is 8.45. The van der Waals surface area contributed by atoms with Gasteiger partial charge in [-0.3, -0.25) is 4.79 Å². The second kappa shape index (κ2) is 6.64. The van der Waals surface area contributed by atoms with Gasteiger partial charge in [-0.15, -0.1) is 0 Å². The smallest absolute Gasteiger partial charge is 0.258 e. The Labute approximate surface area is 154 Å². The van der Waals surface area contributed by atoms with Gasteiger partial charge in [-0.2, -0.15) is 10.1 Å². The number of piperidine rings is 1. The first kappa shape index (κ1) is 16.9. The van der Waals surface area contributed by atoms with Gasteiger partial charge in [0, 0.05) is 24.7 Å². The molecule has 1 saturated heterocycles. The van der Waals surface area contributed by atoms with E-state index in [2.05, 4.69) is 15.1 Å². The molecule has 134 valence electrons. The van der Waals surface area contributed by atoms with Crippen molar-refractivity contribution in [2.24, 2.45) is 0 Å². The van der Waals surface area contributed by atoms with E-state index in [4.69, 9.17) is 11.6 Å². The maximum absolute atomic E-state index is 14.1. The zero-order valence-corrected chi connectivity index (χ0v) is 14.9. The predicted octanol–water partition coefficient (Wildman–Crippen LogP) is 3.25. The zero-order valence-electron chi connectivity index (χ0n) is 14.2. The molecule has 8 heteroatoms. The van der Waals surface area contributed by atoms with Gasteiger partial charge in [-0.1, -0.05) is 17.7 Å². The molecule has 1 atom stereocenters. The van der Waals surface area contributed by atoms with Crippen molar-refractivity contribution in [1.29, 1.82) is 0 Å². The molecule has 6 nitrogen and oxygen atoms in total. The number of carbonyl (C=O) groups is 1. The molecule has 1 fully saturated rings. The zero-order chi connectivity index (χ0) is 18.3. The van der Waals surface area contributed by atoms with E-state index in [-0.39, 0.29) is 22.4 Å². The van der Waals surface area contributed by atoms with E-state index >= 15 is 0 Å². The van der Waals surface area contributed by atoms with E-state index < -0.39 is 5.82 Å². The van der Waals surface area contributed by atoms with Gasteiger partial charge in [0.15, 0.2) is 0 Å². The number of nitrogens with zero attached hydrogens (tertiary/aromatic N) is 5. The van der Waals surface area contributed by atoms with Gasteiger partial charge in [0.05, 0.1) is 16.3 Å². The number of hydrogen-bond acceptors (Lipinski definition) is 4. The van der Waals surface area contributed by atoms with Gasteiger partial charge >= 0.3 is 0 Å². The van der Waals surface area contributed by atoms with Crippen molar-refractivity contribution in [3.8, 4) is 0 Å². The molecule has 1 amide bonds. The third-order valence-corrected chi connectivity index (χ3v) is 5.03. The average Bonchev–Trinajstić information content (AvgIpc) is 3.09. The van der Waals surface area contributed by atoms with E-state index in [9.17, 15) is 9.18 Å². The Kier molecular flexibility index (Phi) is 4.32. The highest BCUT2D eigenvalue weighted by atomic mass is 35.5. The molecule has 1 aliphatic rings. The van der Waals surface area contributed by atoms with Crippen LogP contribution < -0.4 is 0 Å². The predicted molar refractivity (Wildman–Crippen MR) is 94.8 cm³/mol. The van der Waals surface area contributed by atoms with Gasteiger partial charge in [-0.25, -0.2) is 13.9 Å². The molecular weight excluding hydrogens is 357 g/mol. The number of aryl methyl sites for hydroxylation is 1. The fourth-order valence-electron chi connectivity index (χ4n) is 3.51. The van der Waals surface area contributed by atoms with Crippen LogP contribution >= 0.6 is 11.6 Å². The number of carbonyl (C=O) groups excluding carboxylic acids is 1. The van der Waals surface area contributed by atoms with E-state index in [0.29, 0.717) is 18.9 Å². The summed E-state index contributed by atoms with van der Waals surface area (Å²) in [5.74, 6) is -0.355. The number of halogens is 2. The van der Waals surface area contributed by atoms with Crippen LogP contribution in [0.25, 0.3) is 5.78 Å². The van der Waals surface area contributed by atoms with Crippen molar-refractivity contribution in [1.82, 2.24) is 24.5 Å². The fraction of sp³-hybridized carbons (Fsp3) is 0.333. The van der Waals surface area contributed by atoms with Gasteiger partial charge in [0.1, 0.15) is 12.1 Å². The summed E-state index contributed by atoms with van der Waals surface area (Å²) < 4.78 is 15.8. The van der Waals surface area contributed by atoms with Gasteiger partial charge in [-0.05, 0) is 38.0 Å². The Morgan fingerprint density at radius 3 is 3.04 bits per heavy atom. The number of amides is 1. The van der Waals surface area contributed by atoms with Crippen molar-refractivity contribution < 1.29 is 9.18 Å². The minimum Gasteiger partial charge on any atom is -0.338 e. The minimum absolute atomic E-state index is 0.0633. The van der Waals surface area contributed by atoms with Crippen LogP contribution in [0.2, 0.25) is 5.02 Å². The largest absolute Gasteiger partial charge is 0.338 e. The Morgan fingerprint density at radius 1 is 1.38 bits per heavy atom. The number of likely N-dealkylation sites (tertiary alicyclic amines) is 1. The second-order valence-corrected chi connectivity index (χ2v) is 6.89. The standard InChI is InChI=1S/C18H17ClFN5O/c1-11-8-15(25-18(23-11)21-10-22-25)12-4-3-7-24(9-12)17(26)16-13(19)5-2-6-14(16)20/h2,5-6,8,10,12H,3-4,7,9H2,1H3. The summed E-state index contributed by atoms with van der Waals surface area (Å²) in [6.45, 7) is 2.95. The summed E-state index contributed by atoms with van der Waals surface area (Å²) in [5.41, 5.74) is 1.75. The molecule has 1 aliphatic heterocycles. The summed E-state index contributed by atoms with van der Waals surface area (Å²) >= 11 is 6.06. The van der Waals surface area contributed by atoms with Crippen molar-refractivity contribution >= 4 is 23.3 Å². The molecule has 1 aromatic carbocycles. The normalized spacial score (nSPS) is 17.7. The summed E-state index contributed by atoms with van der Waals surface area (Å²) in [6, 6.07) is 6.25. The first-order valence-corrected chi connectivity index (χ1v) is 8.83. The van der Waals surface area contributed by atoms with Crippen LogP contribution in [0.5, 0.6) is 0 Å². The van der Waals surface area contributed by atoms with Crippen molar-refractivity contribution in [3.63, 3.8) is 0 Å². The lowest BCUT2D eigenvalue weighted by molar-refractivity contribution is 0.0700. The molecule has 2 aromatic heterocycles. The molecule has 0 N–H and O–H groups in total. The van der Waals surface area contributed by atoms with E-state index in [1.807, 2.05) is 13.0 Å². The highest BCUT2D eigenvalue weighted by molar-refractivity contribution is 6.33. The number of rotatable bonds is 2. The fourth-order valence-corrected chi connectivity index (χ4v) is 3.76. The van der Waals surface area contributed by atoms with Gasteiger partial charge in [0.25, 0.3) is 11.7 Å². The summed E-state index contributed by atoms with van der Waals surface area (Å²) in [6.07, 6.45) is 3.20. The average molecular weight is 374 g/mol. The summed E-state index contributed by atoms with van der Waals surface area (Å²) in [5, 5.41) is 4.38. The van der Waals surface area contributed by atoms with Crippen molar-refractivity contribution in [2.45, 2.75) is 25.7 Å². The Hall–Kier alpha value is -2.54. The van der Waals surface area contributed by atoms with Crippen LogP contribution in [0.4, 0.5) is 4.39 Å². The molecule has 4 rings (SSSR count). The summed E-state index contributed by atoms with van der Waals surface area (Å²) in [7, 11) is 0. The molecule has 0 bridgehead atoms. The Bertz CT molecular complexity index is 969. The molecule has 0 spiro atoms. The quantitative estimate of drug-likeness (QED) is 0.691. The monoisotopic (exact) mass is 373 g/mol. The third-order valence-electron chi connectivity index (χ3n) is 4.71. The lowest BCUT2D eigenvalue weighted by Crippen LogP contribution is -2.40. The third kappa shape index (κ3) is 2.92. The highest BCUT2D eigenvalue weighted by Crippen LogP contribution is 2.29. The van der Waals surface area contributed by atoms with Crippen LogP contribution in [0.3, 0.4) is 0 Å². The van der Waals surface area contributed by atoms with Gasteiger partial charge < -0.3 is 4.90 Å². The second-order valence-electron chi connectivity index (χ2n) is 6.48. The minimum atomic E-state index is -0.594. The molecule has 1 unspecified atom stereocenters. The maximum atomic E-state index is 14.1. The molecule has 26 heavy (non-hydrogen) atoms. The SMILES string of the molecule is Cc1cc(C2CCCN(C(=O)c3c(F)cccc3Cl)C2)n2ncnc2n1. The molecule has 0 saturated carbocycles. The van der Waals surface area contributed by atoms with Crippen LogP contribution in [-0.2, 0) is 0 Å². The van der Waals surface area contributed by atoms with E-state index in [1.165, 1.54) is 24.5 Å². The number of fused-ring (bicyclic) bond motifs is 1. The Morgan fingerprint density at radius 2 is 2.23 bits per heavy atom. The molecule has 0 aliphatic carbocycles. The number of aromatic nitrogens is 4. The molecule has 3 aromatic rings. The Balaban J connectivity index is 1.65. The molecule has 0 radical (unpaired) electrons. The number of hydrogen-bond donors (Lipinski definition) is 0. The topological polar surface area (TPSA) is 63.4 Å². The first-order chi connectivity index (χ1) is 12.5. The van der Waals surface area contributed by atoms with Crippen LogP contribution in [0.1, 0.15) is 40.5 Å². The van der Waals surface area contributed by atoms with Crippen LogP contribution in [0.15, 0.2) is 30.6 Å². The van der Waals surface area contributed by atoms with E-state index in [1.54, 1.807) is 9.42 Å².